The maximum absolute atomic E-state index is 12.2. The molecule has 1 aromatic rings. The summed E-state index contributed by atoms with van der Waals surface area (Å²) in [6.07, 6.45) is -4.42. The summed E-state index contributed by atoms with van der Waals surface area (Å²) in [5.74, 6) is 0. The lowest BCUT2D eigenvalue weighted by molar-refractivity contribution is -0.296. The SMILES string of the molecule is FC(F)(F)c1ccc(N[N+](=S)Cl)c(Cl)c1. The van der Waals surface area contributed by atoms with Gasteiger partial charge in [-0.1, -0.05) is 11.6 Å². The first-order valence-electron chi connectivity index (χ1n) is 3.57. The molecule has 1 N–H and O–H groups in total. The van der Waals surface area contributed by atoms with Gasteiger partial charge in [-0.05, 0) is 18.2 Å². The van der Waals surface area contributed by atoms with Crippen molar-refractivity contribution in [2.24, 2.45) is 0 Å². The summed E-state index contributed by atoms with van der Waals surface area (Å²) in [6.45, 7) is 0. The molecular formula is C7H4Cl2F3N2S+. The molecule has 15 heavy (non-hydrogen) atoms. The van der Waals surface area contributed by atoms with Crippen LogP contribution >= 0.6 is 23.4 Å². The summed E-state index contributed by atoms with van der Waals surface area (Å²) < 4.78 is 37.3. The second kappa shape index (κ2) is 4.51. The van der Waals surface area contributed by atoms with Gasteiger partial charge in [0, 0.05) is 0 Å². The van der Waals surface area contributed by atoms with E-state index in [1.54, 1.807) is 0 Å². The van der Waals surface area contributed by atoms with E-state index in [1.165, 1.54) is 0 Å². The fourth-order valence-electron chi connectivity index (χ4n) is 0.877. The molecule has 0 saturated heterocycles. The van der Waals surface area contributed by atoms with Crippen LogP contribution in [0.1, 0.15) is 5.56 Å². The van der Waals surface area contributed by atoms with Gasteiger partial charge in [-0.25, -0.2) is 0 Å². The Kier molecular flexibility index (Phi) is 3.75. The number of rotatable bonds is 2. The molecule has 82 valence electrons. The van der Waals surface area contributed by atoms with Gasteiger partial charge in [0.25, 0.3) is 0 Å². The molecule has 0 atom stereocenters. The van der Waals surface area contributed by atoms with Crippen molar-refractivity contribution < 1.29 is 16.7 Å². The smallest absolute Gasteiger partial charge is 0.166 e. The highest BCUT2D eigenvalue weighted by Gasteiger charge is 2.31. The Labute approximate surface area is 98.8 Å². The summed E-state index contributed by atoms with van der Waals surface area (Å²) in [5.41, 5.74) is 1.74. The Balaban J connectivity index is 3.03. The van der Waals surface area contributed by atoms with E-state index in [1.807, 2.05) is 0 Å². The lowest BCUT2D eigenvalue weighted by Crippen LogP contribution is -2.08. The Hall–Kier alpha value is -0.590. The predicted octanol–water partition coefficient (Wildman–Crippen LogP) is 3.58. The number of hydrogen-bond donors (Lipinski definition) is 1. The maximum atomic E-state index is 12.2. The molecule has 8 heteroatoms. The van der Waals surface area contributed by atoms with Gasteiger partial charge in [0.2, 0.25) is 0 Å². The van der Waals surface area contributed by atoms with Crippen LogP contribution in [0.2, 0.25) is 5.02 Å². The van der Waals surface area contributed by atoms with Crippen molar-refractivity contribution >= 4 is 41.5 Å². The molecule has 0 radical (unpaired) electrons. The molecule has 0 aromatic heterocycles. The van der Waals surface area contributed by atoms with Crippen molar-refractivity contribution in [3.63, 3.8) is 0 Å². The largest absolute Gasteiger partial charge is 0.416 e. The fourth-order valence-corrected chi connectivity index (χ4v) is 1.29. The molecule has 1 aromatic carbocycles. The normalized spacial score (nSPS) is 11.3. The molecule has 0 fully saturated rings. The van der Waals surface area contributed by atoms with Crippen LogP contribution in [0.15, 0.2) is 18.2 Å². The molecule has 0 bridgehead atoms. The topological polar surface area (TPSA) is 15.0 Å². The standard InChI is InChI=1S/C7H4Cl2F3N2S/c8-5-3-4(7(10,11)12)1-2-6(5)13-14(9)15/h1-3H,(H,13,15)/q+1. The van der Waals surface area contributed by atoms with Crippen molar-refractivity contribution in [3.8, 4) is 0 Å². The van der Waals surface area contributed by atoms with E-state index >= 15 is 0 Å². The van der Waals surface area contributed by atoms with Gasteiger partial charge in [-0.15, -0.1) is 5.43 Å². The zero-order chi connectivity index (χ0) is 11.6. The molecule has 0 heterocycles. The van der Waals surface area contributed by atoms with Gasteiger partial charge >= 0.3 is 30.4 Å². The molecule has 2 nitrogen and oxygen atoms in total. The average molecular weight is 276 g/mol. The Morgan fingerprint density at radius 2 is 1.93 bits per heavy atom. The second-order valence-electron chi connectivity index (χ2n) is 2.55. The number of nitrogens with zero attached hydrogens (tertiary/aromatic N) is 1. The monoisotopic (exact) mass is 275 g/mol. The van der Waals surface area contributed by atoms with Crippen molar-refractivity contribution in [2.45, 2.75) is 6.18 Å². The highest BCUT2D eigenvalue weighted by atomic mass is 35.5. The van der Waals surface area contributed by atoms with Crippen LogP contribution in [-0.4, -0.2) is 3.57 Å². The molecule has 0 unspecified atom stereocenters. The van der Waals surface area contributed by atoms with E-state index in [0.29, 0.717) is 3.57 Å². The first-order valence-corrected chi connectivity index (χ1v) is 4.65. The minimum Gasteiger partial charge on any atom is -0.166 e. The molecule has 0 amide bonds. The van der Waals surface area contributed by atoms with Gasteiger partial charge in [-0.3, -0.25) is 0 Å². The van der Waals surface area contributed by atoms with Crippen LogP contribution in [0.3, 0.4) is 0 Å². The number of anilines is 1. The number of hydrogen-bond acceptors (Lipinski definition) is 1. The third kappa shape index (κ3) is 3.48. The van der Waals surface area contributed by atoms with E-state index in [4.69, 9.17) is 23.4 Å². The van der Waals surface area contributed by atoms with Crippen molar-refractivity contribution in [1.82, 2.24) is 0 Å². The zero-order valence-electron chi connectivity index (χ0n) is 6.98. The molecule has 0 aliphatic rings. The maximum Gasteiger partial charge on any atom is 0.416 e. The number of halogens is 5. The lowest BCUT2D eigenvalue weighted by Gasteiger charge is -2.07. The highest BCUT2D eigenvalue weighted by Crippen LogP contribution is 2.33. The molecule has 1 rings (SSSR count). The Morgan fingerprint density at radius 3 is 2.33 bits per heavy atom. The van der Waals surface area contributed by atoms with Crippen LogP contribution in [0.4, 0.5) is 18.9 Å². The minimum atomic E-state index is -4.42. The van der Waals surface area contributed by atoms with Crippen molar-refractivity contribution in [3.05, 3.63) is 28.8 Å². The number of alkyl halides is 3. The summed E-state index contributed by atoms with van der Waals surface area (Å²) in [4.78, 5) is 0. The first-order chi connectivity index (χ1) is 6.80. The van der Waals surface area contributed by atoms with Gasteiger partial charge in [0.1, 0.15) is 5.69 Å². The van der Waals surface area contributed by atoms with E-state index in [2.05, 4.69) is 17.9 Å². The summed E-state index contributed by atoms with van der Waals surface area (Å²) in [7, 11) is 0. The van der Waals surface area contributed by atoms with Gasteiger partial charge in [-0.2, -0.15) is 13.2 Å². The van der Waals surface area contributed by atoms with E-state index < -0.39 is 11.7 Å². The number of hydrazine groups is 1. The van der Waals surface area contributed by atoms with Crippen LogP contribution in [0.25, 0.3) is 0 Å². The quantitative estimate of drug-likeness (QED) is 0.656. The average Bonchev–Trinajstić information content (AvgIpc) is 2.05. The van der Waals surface area contributed by atoms with Crippen LogP contribution < -0.4 is 5.43 Å². The molecule has 0 aliphatic carbocycles. The predicted molar refractivity (Wildman–Crippen MR) is 53.6 cm³/mol. The Bertz CT molecular complexity index is 394. The third-order valence-electron chi connectivity index (χ3n) is 1.50. The summed E-state index contributed by atoms with van der Waals surface area (Å²) in [5, 5.41) is -0.111. The Morgan fingerprint density at radius 1 is 1.33 bits per heavy atom. The lowest BCUT2D eigenvalue weighted by atomic mass is 10.2. The van der Waals surface area contributed by atoms with Crippen molar-refractivity contribution in [2.75, 3.05) is 5.43 Å². The van der Waals surface area contributed by atoms with Gasteiger partial charge in [0.05, 0.1) is 14.2 Å². The van der Waals surface area contributed by atoms with E-state index in [0.717, 1.165) is 18.2 Å². The van der Waals surface area contributed by atoms with Crippen molar-refractivity contribution in [1.29, 1.82) is 0 Å². The third-order valence-corrected chi connectivity index (χ3v) is 1.99. The zero-order valence-corrected chi connectivity index (χ0v) is 9.31. The molecular weight excluding hydrogens is 272 g/mol. The summed E-state index contributed by atoms with van der Waals surface area (Å²) in [6, 6.07) is 2.82. The van der Waals surface area contributed by atoms with E-state index in [-0.39, 0.29) is 10.7 Å². The minimum absolute atomic E-state index is 0.111. The van der Waals surface area contributed by atoms with E-state index in [9.17, 15) is 13.2 Å². The van der Waals surface area contributed by atoms with Crippen LogP contribution in [0.5, 0.6) is 0 Å². The second-order valence-corrected chi connectivity index (χ2v) is 3.86. The first kappa shape index (κ1) is 12.5. The van der Waals surface area contributed by atoms with Crippen LogP contribution in [-0.2, 0) is 18.6 Å². The van der Waals surface area contributed by atoms with Gasteiger partial charge < -0.3 is 0 Å². The fraction of sp³-hybridized carbons (Fsp3) is 0.143. The number of nitrogens with one attached hydrogen (secondary N) is 1. The van der Waals surface area contributed by atoms with Gasteiger partial charge in [0.15, 0.2) is 0 Å². The van der Waals surface area contributed by atoms with Crippen LogP contribution in [0, 0.1) is 0 Å². The molecule has 0 saturated carbocycles. The molecule has 0 aliphatic heterocycles. The summed E-state index contributed by atoms with van der Waals surface area (Å²) >= 11 is 15.3. The number of benzene rings is 1. The molecule has 0 spiro atoms. The highest BCUT2D eigenvalue weighted by molar-refractivity contribution is 7.44.